The SMILES string of the molecule is c1ccc(-c2ccc(-c3ccc(N(c4cccc(-c5ccc6ccccc6c5)c4)c4ccccc4-c4ccccc4-c4ccccc4-c4ccc(-c5ccccc5)cc4)cc3)cc2)cc1. The van der Waals surface area contributed by atoms with Gasteiger partial charge in [0.05, 0.1) is 5.69 Å². The molecule has 0 aromatic heterocycles. The molecule has 0 aliphatic heterocycles. The summed E-state index contributed by atoms with van der Waals surface area (Å²) in [6.07, 6.45) is 0. The van der Waals surface area contributed by atoms with Crippen LogP contribution in [0.4, 0.5) is 17.1 Å². The number of rotatable bonds is 10. The van der Waals surface area contributed by atoms with E-state index in [-0.39, 0.29) is 0 Å². The Morgan fingerprint density at radius 1 is 0.185 bits per heavy atom. The summed E-state index contributed by atoms with van der Waals surface area (Å²) in [6.45, 7) is 0. The van der Waals surface area contributed by atoms with E-state index >= 15 is 0 Å². The Balaban J connectivity index is 1.02. The first-order valence-electron chi connectivity index (χ1n) is 22.3. The van der Waals surface area contributed by atoms with E-state index in [1.807, 2.05) is 0 Å². The minimum Gasteiger partial charge on any atom is -0.310 e. The Labute approximate surface area is 381 Å². The van der Waals surface area contributed by atoms with E-state index in [2.05, 4.69) is 278 Å². The predicted octanol–water partition coefficient (Wildman–Crippen LogP) is 18.0. The zero-order valence-corrected chi connectivity index (χ0v) is 35.9. The van der Waals surface area contributed by atoms with E-state index in [0.29, 0.717) is 0 Å². The number of anilines is 3. The summed E-state index contributed by atoms with van der Waals surface area (Å²) in [5.74, 6) is 0. The van der Waals surface area contributed by atoms with Crippen molar-refractivity contribution in [3.8, 4) is 77.9 Å². The van der Waals surface area contributed by atoms with Gasteiger partial charge < -0.3 is 4.90 Å². The lowest BCUT2D eigenvalue weighted by molar-refractivity contribution is 1.28. The quantitative estimate of drug-likeness (QED) is 0.133. The molecule has 0 atom stereocenters. The Kier molecular flexibility index (Phi) is 10.7. The number of hydrogen-bond acceptors (Lipinski definition) is 1. The summed E-state index contributed by atoms with van der Waals surface area (Å²) in [5, 5.41) is 2.47. The molecule has 0 aliphatic rings. The fourth-order valence-corrected chi connectivity index (χ4v) is 9.20. The first-order chi connectivity index (χ1) is 32.2. The lowest BCUT2D eigenvalue weighted by Crippen LogP contribution is -2.11. The van der Waals surface area contributed by atoms with Crippen molar-refractivity contribution in [2.45, 2.75) is 0 Å². The van der Waals surface area contributed by atoms with Crippen LogP contribution in [0.1, 0.15) is 0 Å². The molecule has 0 amide bonds. The van der Waals surface area contributed by atoms with Crippen LogP contribution in [0.5, 0.6) is 0 Å². The smallest absolute Gasteiger partial charge is 0.0540 e. The molecule has 1 nitrogen and oxygen atoms in total. The van der Waals surface area contributed by atoms with Gasteiger partial charge in [-0.05, 0) is 119 Å². The molecule has 0 radical (unpaired) electrons. The van der Waals surface area contributed by atoms with E-state index in [1.165, 1.54) is 83.1 Å². The highest BCUT2D eigenvalue weighted by atomic mass is 15.1. The van der Waals surface area contributed by atoms with Crippen LogP contribution in [0.25, 0.3) is 88.7 Å². The van der Waals surface area contributed by atoms with Crippen LogP contribution in [0.2, 0.25) is 0 Å². The minimum absolute atomic E-state index is 1.08. The van der Waals surface area contributed by atoms with Gasteiger partial charge in [0.15, 0.2) is 0 Å². The summed E-state index contributed by atoms with van der Waals surface area (Å²) < 4.78 is 0. The Morgan fingerprint density at radius 2 is 0.569 bits per heavy atom. The van der Waals surface area contributed by atoms with Crippen LogP contribution in [0, 0.1) is 0 Å². The highest BCUT2D eigenvalue weighted by Gasteiger charge is 2.21. The first kappa shape index (κ1) is 39.3. The first-order valence-corrected chi connectivity index (χ1v) is 22.3. The molecule has 306 valence electrons. The van der Waals surface area contributed by atoms with Crippen LogP contribution in [0.15, 0.2) is 273 Å². The molecule has 0 saturated carbocycles. The van der Waals surface area contributed by atoms with Crippen molar-refractivity contribution in [2.24, 2.45) is 0 Å². The van der Waals surface area contributed by atoms with E-state index < -0.39 is 0 Å². The van der Waals surface area contributed by atoms with Gasteiger partial charge in [-0.1, -0.05) is 237 Å². The van der Waals surface area contributed by atoms with Gasteiger partial charge in [0.1, 0.15) is 0 Å². The maximum Gasteiger partial charge on any atom is 0.0540 e. The number of nitrogens with zero attached hydrogens (tertiary/aromatic N) is 1. The largest absolute Gasteiger partial charge is 0.310 e. The zero-order valence-electron chi connectivity index (χ0n) is 35.9. The fourth-order valence-electron chi connectivity index (χ4n) is 9.20. The molecular weight excluding hydrogens is 783 g/mol. The lowest BCUT2D eigenvalue weighted by Gasteiger charge is -2.29. The van der Waals surface area contributed by atoms with Crippen LogP contribution < -0.4 is 4.90 Å². The topological polar surface area (TPSA) is 3.24 Å². The Hall–Kier alpha value is -8.52. The summed E-state index contributed by atoms with van der Waals surface area (Å²) in [4.78, 5) is 2.42. The molecule has 65 heavy (non-hydrogen) atoms. The second-order valence-corrected chi connectivity index (χ2v) is 16.5. The number of fused-ring (bicyclic) bond motifs is 1. The van der Waals surface area contributed by atoms with E-state index in [9.17, 15) is 0 Å². The summed E-state index contributed by atoms with van der Waals surface area (Å²) in [6, 6.07) is 98.9. The van der Waals surface area contributed by atoms with Gasteiger partial charge in [-0.2, -0.15) is 0 Å². The molecule has 11 rings (SSSR count). The Morgan fingerprint density at radius 3 is 1.17 bits per heavy atom. The molecule has 0 saturated heterocycles. The second kappa shape index (κ2) is 17.7. The number of benzene rings is 11. The average molecular weight is 828 g/mol. The van der Waals surface area contributed by atoms with Gasteiger partial charge in [0.25, 0.3) is 0 Å². The van der Waals surface area contributed by atoms with Gasteiger partial charge in [0.2, 0.25) is 0 Å². The normalized spacial score (nSPS) is 11.1. The van der Waals surface area contributed by atoms with Crippen molar-refractivity contribution in [1.82, 2.24) is 0 Å². The van der Waals surface area contributed by atoms with E-state index in [1.54, 1.807) is 0 Å². The zero-order chi connectivity index (χ0) is 43.4. The van der Waals surface area contributed by atoms with Gasteiger partial charge in [0, 0.05) is 16.9 Å². The summed E-state index contributed by atoms with van der Waals surface area (Å²) in [5.41, 5.74) is 19.9. The number of para-hydroxylation sites is 1. The van der Waals surface area contributed by atoms with Gasteiger partial charge >= 0.3 is 0 Å². The molecule has 11 aromatic carbocycles. The maximum atomic E-state index is 2.42. The highest BCUT2D eigenvalue weighted by Crippen LogP contribution is 2.46. The third kappa shape index (κ3) is 8.04. The molecule has 0 fully saturated rings. The standard InChI is InChI=1S/C64H45N/c1-3-16-46(17-4-1)49-30-32-51(33-31-49)52-40-42-57(43-41-52)65(58-23-15-22-55(45-58)56-39-36-48-20-7-8-21-54(48)44-56)64-29-14-13-28-63(64)62-27-12-11-26-61(62)60-25-10-9-24-59(60)53-37-34-50(35-38-53)47-18-5-2-6-19-47/h1-45H. The molecule has 0 bridgehead atoms. The van der Waals surface area contributed by atoms with Crippen LogP contribution >= 0.6 is 0 Å². The van der Waals surface area contributed by atoms with Crippen molar-refractivity contribution in [1.29, 1.82) is 0 Å². The molecule has 0 spiro atoms. The van der Waals surface area contributed by atoms with Crippen molar-refractivity contribution in [3.63, 3.8) is 0 Å². The monoisotopic (exact) mass is 827 g/mol. The van der Waals surface area contributed by atoms with E-state index in [0.717, 1.165) is 22.6 Å². The highest BCUT2D eigenvalue weighted by molar-refractivity contribution is 5.98. The van der Waals surface area contributed by atoms with Crippen molar-refractivity contribution in [3.05, 3.63) is 273 Å². The van der Waals surface area contributed by atoms with Crippen LogP contribution in [-0.4, -0.2) is 0 Å². The van der Waals surface area contributed by atoms with Crippen molar-refractivity contribution in [2.75, 3.05) is 4.90 Å². The summed E-state index contributed by atoms with van der Waals surface area (Å²) >= 11 is 0. The molecular formula is C64H45N. The maximum absolute atomic E-state index is 2.42. The van der Waals surface area contributed by atoms with Crippen molar-refractivity contribution >= 4 is 27.8 Å². The molecule has 0 N–H and O–H groups in total. The minimum atomic E-state index is 1.08. The molecule has 0 aliphatic carbocycles. The summed E-state index contributed by atoms with van der Waals surface area (Å²) in [7, 11) is 0. The van der Waals surface area contributed by atoms with Gasteiger partial charge in [-0.25, -0.2) is 0 Å². The van der Waals surface area contributed by atoms with Gasteiger partial charge in [-0.3, -0.25) is 0 Å². The molecule has 0 unspecified atom stereocenters. The number of hydrogen-bond donors (Lipinski definition) is 0. The fraction of sp³-hybridized carbons (Fsp3) is 0. The third-order valence-corrected chi connectivity index (χ3v) is 12.5. The lowest BCUT2D eigenvalue weighted by atomic mass is 9.88. The predicted molar refractivity (Wildman–Crippen MR) is 277 cm³/mol. The molecule has 1 heteroatoms. The van der Waals surface area contributed by atoms with Crippen molar-refractivity contribution < 1.29 is 0 Å². The van der Waals surface area contributed by atoms with Crippen LogP contribution in [0.3, 0.4) is 0 Å². The van der Waals surface area contributed by atoms with E-state index in [4.69, 9.17) is 0 Å². The Bertz CT molecular complexity index is 3390. The third-order valence-electron chi connectivity index (χ3n) is 12.5. The second-order valence-electron chi connectivity index (χ2n) is 16.5. The van der Waals surface area contributed by atoms with Gasteiger partial charge in [-0.15, -0.1) is 0 Å². The average Bonchev–Trinajstić information content (AvgIpc) is 3.40. The van der Waals surface area contributed by atoms with Crippen LogP contribution in [-0.2, 0) is 0 Å². The molecule has 0 heterocycles. The molecule has 11 aromatic rings.